The van der Waals surface area contributed by atoms with Crippen LogP contribution in [0.3, 0.4) is 0 Å². The summed E-state index contributed by atoms with van der Waals surface area (Å²) in [5.74, 6) is 0.495. The summed E-state index contributed by atoms with van der Waals surface area (Å²) in [7, 11) is 2.03. The largest absolute Gasteiger partial charge is 0.311 e. The molecule has 114 valence electrons. The van der Waals surface area contributed by atoms with Crippen LogP contribution in [-0.2, 0) is 13.0 Å². The van der Waals surface area contributed by atoms with Crippen molar-refractivity contribution < 1.29 is 0 Å². The molecule has 2 aromatic heterocycles. The van der Waals surface area contributed by atoms with Crippen LogP contribution in [0.2, 0.25) is 5.02 Å². The topological polar surface area (TPSA) is 29.9 Å². The van der Waals surface area contributed by atoms with Crippen LogP contribution in [0.4, 0.5) is 0 Å². The van der Waals surface area contributed by atoms with Crippen molar-refractivity contribution in [3.8, 4) is 0 Å². The van der Waals surface area contributed by atoms with E-state index in [1.807, 2.05) is 18.4 Å². The van der Waals surface area contributed by atoms with Gasteiger partial charge in [0.25, 0.3) is 0 Å². The molecule has 0 aliphatic heterocycles. The summed E-state index contributed by atoms with van der Waals surface area (Å²) in [6.07, 6.45) is 6.55. The minimum absolute atomic E-state index is 0.236. The molecule has 2 aromatic rings. The molecule has 0 aromatic carbocycles. The first kappa shape index (κ1) is 15.1. The number of aromatic nitrogens is 2. The standard InChI is InChI=1S/C16H22ClN3S/c1-3-8-20-16(13(17)10-19-20)15(18-2)12-5-4-6-14-11(12)7-9-21-14/h7,9-10,12,15,18H,3-6,8H2,1-2H3. The Morgan fingerprint density at radius 3 is 3.19 bits per heavy atom. The maximum atomic E-state index is 6.45. The predicted molar refractivity (Wildman–Crippen MR) is 89.3 cm³/mol. The molecule has 0 saturated carbocycles. The lowest BCUT2D eigenvalue weighted by atomic mass is 9.81. The minimum Gasteiger partial charge on any atom is -0.311 e. The molecule has 1 N–H and O–H groups in total. The van der Waals surface area contributed by atoms with E-state index in [-0.39, 0.29) is 6.04 Å². The first-order valence-electron chi connectivity index (χ1n) is 7.71. The van der Waals surface area contributed by atoms with Crippen LogP contribution in [-0.4, -0.2) is 16.8 Å². The first-order valence-corrected chi connectivity index (χ1v) is 8.96. The average molecular weight is 324 g/mol. The van der Waals surface area contributed by atoms with Gasteiger partial charge in [-0.3, -0.25) is 4.68 Å². The van der Waals surface area contributed by atoms with Crippen LogP contribution in [0.15, 0.2) is 17.6 Å². The SMILES string of the molecule is CCCn1ncc(Cl)c1C(NC)C1CCCc2sccc21. The summed E-state index contributed by atoms with van der Waals surface area (Å²) in [5, 5.41) is 11.0. The van der Waals surface area contributed by atoms with E-state index in [4.69, 9.17) is 11.6 Å². The van der Waals surface area contributed by atoms with Gasteiger partial charge in [-0.15, -0.1) is 11.3 Å². The summed E-state index contributed by atoms with van der Waals surface area (Å²) in [6, 6.07) is 2.53. The van der Waals surface area contributed by atoms with E-state index in [1.165, 1.54) is 24.8 Å². The van der Waals surface area contributed by atoms with Gasteiger partial charge in [-0.2, -0.15) is 5.10 Å². The summed E-state index contributed by atoms with van der Waals surface area (Å²) in [4.78, 5) is 1.55. The van der Waals surface area contributed by atoms with Gasteiger partial charge in [0.15, 0.2) is 0 Å². The van der Waals surface area contributed by atoms with E-state index in [0.717, 1.165) is 23.7 Å². The fraction of sp³-hybridized carbons (Fsp3) is 0.562. The third-order valence-corrected chi connectivity index (χ3v) is 5.66. The third-order valence-electron chi connectivity index (χ3n) is 4.37. The number of hydrogen-bond acceptors (Lipinski definition) is 3. The van der Waals surface area contributed by atoms with Crippen molar-refractivity contribution in [3.63, 3.8) is 0 Å². The van der Waals surface area contributed by atoms with Crippen molar-refractivity contribution in [2.75, 3.05) is 7.05 Å². The fourth-order valence-corrected chi connectivity index (χ4v) is 4.72. The highest BCUT2D eigenvalue weighted by Gasteiger charge is 2.32. The first-order chi connectivity index (χ1) is 10.3. The maximum Gasteiger partial charge on any atom is 0.0834 e. The van der Waals surface area contributed by atoms with E-state index < -0.39 is 0 Å². The molecule has 1 aliphatic rings. The Balaban J connectivity index is 1.99. The molecule has 0 amide bonds. The second kappa shape index (κ2) is 6.51. The lowest BCUT2D eigenvalue weighted by molar-refractivity contribution is 0.398. The van der Waals surface area contributed by atoms with Gasteiger partial charge in [-0.1, -0.05) is 18.5 Å². The highest BCUT2D eigenvalue weighted by atomic mass is 35.5. The number of likely N-dealkylation sites (N-methyl/N-ethyl adjacent to an activating group) is 1. The van der Waals surface area contributed by atoms with Crippen molar-refractivity contribution in [1.82, 2.24) is 15.1 Å². The Labute approximate surface area is 135 Å². The molecular weight excluding hydrogens is 302 g/mol. The Hall–Kier alpha value is -0.840. The van der Waals surface area contributed by atoms with Crippen molar-refractivity contribution in [2.45, 2.75) is 51.1 Å². The molecule has 0 radical (unpaired) electrons. The van der Waals surface area contributed by atoms with Gasteiger partial charge in [-0.25, -0.2) is 0 Å². The quantitative estimate of drug-likeness (QED) is 0.884. The number of fused-ring (bicyclic) bond motifs is 1. The molecule has 21 heavy (non-hydrogen) atoms. The molecule has 2 unspecified atom stereocenters. The monoisotopic (exact) mass is 323 g/mol. The lowest BCUT2D eigenvalue weighted by Crippen LogP contribution is -2.28. The molecular formula is C16H22ClN3S. The van der Waals surface area contributed by atoms with Crippen LogP contribution in [0.25, 0.3) is 0 Å². The van der Waals surface area contributed by atoms with Gasteiger partial charge in [-0.05, 0) is 49.7 Å². The number of nitrogens with zero attached hydrogens (tertiary/aromatic N) is 2. The van der Waals surface area contributed by atoms with Crippen molar-refractivity contribution in [2.24, 2.45) is 0 Å². The Kier molecular flexibility index (Phi) is 4.67. The Morgan fingerprint density at radius 1 is 1.57 bits per heavy atom. The van der Waals surface area contributed by atoms with E-state index in [9.17, 15) is 0 Å². The van der Waals surface area contributed by atoms with Crippen LogP contribution >= 0.6 is 22.9 Å². The minimum atomic E-state index is 0.236. The van der Waals surface area contributed by atoms with E-state index >= 15 is 0 Å². The zero-order chi connectivity index (χ0) is 14.8. The molecule has 0 bridgehead atoms. The summed E-state index contributed by atoms with van der Waals surface area (Å²) in [6.45, 7) is 3.09. The van der Waals surface area contributed by atoms with E-state index in [1.54, 1.807) is 11.1 Å². The number of halogens is 1. The number of aryl methyl sites for hydroxylation is 2. The summed E-state index contributed by atoms with van der Waals surface area (Å²) in [5.41, 5.74) is 2.65. The second-order valence-corrected chi connectivity index (χ2v) is 7.07. The maximum absolute atomic E-state index is 6.45. The van der Waals surface area contributed by atoms with Crippen molar-refractivity contribution >= 4 is 22.9 Å². The van der Waals surface area contributed by atoms with Crippen molar-refractivity contribution in [1.29, 1.82) is 0 Å². The molecule has 3 rings (SSSR count). The third kappa shape index (κ3) is 2.77. The van der Waals surface area contributed by atoms with Gasteiger partial charge in [0.05, 0.1) is 23.0 Å². The predicted octanol–water partition coefficient (Wildman–Crippen LogP) is 4.39. The van der Waals surface area contributed by atoms with Crippen LogP contribution in [0, 0.1) is 0 Å². The molecule has 0 saturated heterocycles. The zero-order valence-electron chi connectivity index (χ0n) is 12.6. The molecule has 5 heteroatoms. The number of hydrogen-bond donors (Lipinski definition) is 1. The summed E-state index contributed by atoms with van der Waals surface area (Å²) < 4.78 is 2.07. The normalized spacial score (nSPS) is 19.5. The van der Waals surface area contributed by atoms with Crippen LogP contribution in [0.5, 0.6) is 0 Å². The van der Waals surface area contributed by atoms with Crippen molar-refractivity contribution in [3.05, 3.63) is 38.8 Å². The molecule has 1 aliphatic carbocycles. The van der Waals surface area contributed by atoms with Gasteiger partial charge in [0, 0.05) is 17.3 Å². The Bertz CT molecular complexity index is 604. The van der Waals surface area contributed by atoms with Gasteiger partial charge < -0.3 is 5.32 Å². The van der Waals surface area contributed by atoms with Crippen LogP contribution in [0.1, 0.15) is 54.3 Å². The molecule has 0 spiro atoms. The summed E-state index contributed by atoms with van der Waals surface area (Å²) >= 11 is 8.34. The highest BCUT2D eigenvalue weighted by Crippen LogP contribution is 2.43. The smallest absolute Gasteiger partial charge is 0.0834 e. The fourth-order valence-electron chi connectivity index (χ4n) is 3.47. The highest BCUT2D eigenvalue weighted by molar-refractivity contribution is 7.10. The van der Waals surface area contributed by atoms with Gasteiger partial charge in [0.1, 0.15) is 0 Å². The molecule has 2 heterocycles. The van der Waals surface area contributed by atoms with Gasteiger partial charge in [0.2, 0.25) is 0 Å². The molecule has 3 nitrogen and oxygen atoms in total. The van der Waals surface area contributed by atoms with Crippen LogP contribution < -0.4 is 5.32 Å². The number of rotatable bonds is 5. The second-order valence-electron chi connectivity index (χ2n) is 5.67. The molecule has 0 fully saturated rings. The lowest BCUT2D eigenvalue weighted by Gasteiger charge is -2.31. The Morgan fingerprint density at radius 2 is 2.43 bits per heavy atom. The van der Waals surface area contributed by atoms with E-state index in [0.29, 0.717) is 5.92 Å². The molecule has 2 atom stereocenters. The zero-order valence-corrected chi connectivity index (χ0v) is 14.2. The number of nitrogens with one attached hydrogen (secondary N) is 1. The van der Waals surface area contributed by atoms with Gasteiger partial charge >= 0.3 is 0 Å². The number of thiophene rings is 1. The van der Waals surface area contributed by atoms with E-state index in [2.05, 4.69) is 33.5 Å². The average Bonchev–Trinajstić information content (AvgIpc) is 3.09.